The minimum Gasteiger partial charge on any atom is -0.383 e. The molecule has 25 heavy (non-hydrogen) atoms. The van der Waals surface area contributed by atoms with E-state index < -0.39 is 28.8 Å². The van der Waals surface area contributed by atoms with E-state index in [-0.39, 0.29) is 5.91 Å². The summed E-state index contributed by atoms with van der Waals surface area (Å²) in [6.07, 6.45) is 3.33. The van der Waals surface area contributed by atoms with Crippen LogP contribution in [0.5, 0.6) is 0 Å². The summed E-state index contributed by atoms with van der Waals surface area (Å²) in [6.45, 7) is 1.86. The molecule has 136 valence electrons. The SMILES string of the molecule is COCCN1CCCC2(CCCN2C(=O)c2ncc(F)cc2F)C1=O. The van der Waals surface area contributed by atoms with Crippen molar-refractivity contribution >= 4 is 11.8 Å². The molecule has 1 aromatic heterocycles. The number of rotatable bonds is 4. The Morgan fingerprint density at radius 3 is 2.72 bits per heavy atom. The van der Waals surface area contributed by atoms with Crippen LogP contribution < -0.4 is 0 Å². The summed E-state index contributed by atoms with van der Waals surface area (Å²) in [5, 5.41) is 0. The van der Waals surface area contributed by atoms with Crippen molar-refractivity contribution in [3.05, 3.63) is 29.6 Å². The summed E-state index contributed by atoms with van der Waals surface area (Å²) in [5.41, 5.74) is -1.39. The fourth-order valence-corrected chi connectivity index (χ4v) is 3.84. The molecule has 2 aliphatic rings. The van der Waals surface area contributed by atoms with Crippen LogP contribution in [0, 0.1) is 11.6 Å². The van der Waals surface area contributed by atoms with Gasteiger partial charge in [0.05, 0.1) is 12.8 Å². The van der Waals surface area contributed by atoms with Crippen LogP contribution in [-0.4, -0.2) is 65.5 Å². The minimum absolute atomic E-state index is 0.121. The minimum atomic E-state index is -1.01. The number of ether oxygens (including phenoxy) is 1. The summed E-state index contributed by atoms with van der Waals surface area (Å²) in [5.74, 6) is -2.63. The Balaban J connectivity index is 1.88. The highest BCUT2D eigenvalue weighted by Gasteiger charge is 2.53. The molecule has 2 amide bonds. The summed E-state index contributed by atoms with van der Waals surface area (Å²) >= 11 is 0. The summed E-state index contributed by atoms with van der Waals surface area (Å²) in [4.78, 5) is 32.6. The number of carbonyl (C=O) groups is 2. The molecule has 0 saturated carbocycles. The molecule has 0 aliphatic carbocycles. The van der Waals surface area contributed by atoms with E-state index in [0.717, 1.165) is 12.6 Å². The number of methoxy groups -OCH3 is 1. The second-order valence-electron chi connectivity index (χ2n) is 6.46. The molecule has 1 atom stereocenters. The molecule has 2 fully saturated rings. The highest BCUT2D eigenvalue weighted by molar-refractivity contribution is 5.99. The Bertz CT molecular complexity index is 685. The Hall–Kier alpha value is -2.09. The molecule has 6 nitrogen and oxygen atoms in total. The Labute approximate surface area is 144 Å². The van der Waals surface area contributed by atoms with Crippen molar-refractivity contribution in [2.75, 3.05) is 33.4 Å². The van der Waals surface area contributed by atoms with Gasteiger partial charge in [-0.15, -0.1) is 0 Å². The fraction of sp³-hybridized carbons (Fsp3) is 0.588. The molecule has 3 heterocycles. The van der Waals surface area contributed by atoms with Gasteiger partial charge in [0.2, 0.25) is 5.91 Å². The lowest BCUT2D eigenvalue weighted by Crippen LogP contribution is -2.61. The van der Waals surface area contributed by atoms with Crippen molar-refractivity contribution in [3.8, 4) is 0 Å². The monoisotopic (exact) mass is 353 g/mol. The highest BCUT2D eigenvalue weighted by Crippen LogP contribution is 2.39. The van der Waals surface area contributed by atoms with Crippen molar-refractivity contribution in [2.24, 2.45) is 0 Å². The largest absolute Gasteiger partial charge is 0.383 e. The Morgan fingerprint density at radius 2 is 2.04 bits per heavy atom. The van der Waals surface area contributed by atoms with Crippen LogP contribution in [0.4, 0.5) is 8.78 Å². The maximum atomic E-state index is 14.0. The zero-order chi connectivity index (χ0) is 18.0. The van der Waals surface area contributed by atoms with Gasteiger partial charge in [-0.2, -0.15) is 0 Å². The third kappa shape index (κ3) is 3.10. The van der Waals surface area contributed by atoms with Crippen LogP contribution in [-0.2, 0) is 9.53 Å². The zero-order valence-corrected chi connectivity index (χ0v) is 14.1. The van der Waals surface area contributed by atoms with Gasteiger partial charge in [0.15, 0.2) is 11.5 Å². The number of halogens is 2. The molecule has 0 N–H and O–H groups in total. The number of carbonyl (C=O) groups excluding carboxylic acids is 2. The number of aromatic nitrogens is 1. The topological polar surface area (TPSA) is 62.7 Å². The number of hydrogen-bond acceptors (Lipinski definition) is 4. The van der Waals surface area contributed by atoms with Gasteiger partial charge in [-0.1, -0.05) is 0 Å². The summed E-state index contributed by atoms with van der Waals surface area (Å²) in [7, 11) is 1.57. The first-order valence-corrected chi connectivity index (χ1v) is 8.41. The third-order valence-corrected chi connectivity index (χ3v) is 5.01. The van der Waals surface area contributed by atoms with Crippen LogP contribution in [0.15, 0.2) is 12.3 Å². The van der Waals surface area contributed by atoms with Crippen molar-refractivity contribution in [2.45, 2.75) is 31.2 Å². The Kier molecular flexibility index (Phi) is 4.99. The first-order valence-electron chi connectivity index (χ1n) is 8.41. The van der Waals surface area contributed by atoms with E-state index in [9.17, 15) is 18.4 Å². The second kappa shape index (κ2) is 7.03. The van der Waals surface area contributed by atoms with E-state index in [0.29, 0.717) is 51.6 Å². The number of hydrogen-bond donors (Lipinski definition) is 0. The lowest BCUT2D eigenvalue weighted by atomic mass is 9.85. The van der Waals surface area contributed by atoms with Crippen LogP contribution in [0.1, 0.15) is 36.2 Å². The molecule has 2 saturated heterocycles. The highest BCUT2D eigenvalue weighted by atomic mass is 19.1. The maximum absolute atomic E-state index is 14.0. The first-order chi connectivity index (χ1) is 12.0. The lowest BCUT2D eigenvalue weighted by Gasteiger charge is -2.44. The van der Waals surface area contributed by atoms with Gasteiger partial charge in [0.25, 0.3) is 5.91 Å². The van der Waals surface area contributed by atoms with Crippen molar-refractivity contribution < 1.29 is 23.1 Å². The molecular weight excluding hydrogens is 332 g/mol. The predicted octanol–water partition coefficient (Wildman–Crippen LogP) is 1.60. The maximum Gasteiger partial charge on any atom is 0.276 e. The van der Waals surface area contributed by atoms with E-state index in [4.69, 9.17) is 4.74 Å². The second-order valence-corrected chi connectivity index (χ2v) is 6.46. The van der Waals surface area contributed by atoms with Crippen molar-refractivity contribution in [1.82, 2.24) is 14.8 Å². The van der Waals surface area contributed by atoms with Gasteiger partial charge in [0, 0.05) is 32.8 Å². The summed E-state index contributed by atoms with van der Waals surface area (Å²) < 4.78 is 32.1. The average Bonchev–Trinajstić information content (AvgIpc) is 3.00. The smallest absolute Gasteiger partial charge is 0.276 e. The molecule has 0 radical (unpaired) electrons. The number of pyridine rings is 1. The number of amides is 2. The summed E-state index contributed by atoms with van der Waals surface area (Å²) in [6, 6.07) is 0.635. The molecule has 3 rings (SSSR count). The van der Waals surface area contributed by atoms with Gasteiger partial charge in [-0.3, -0.25) is 9.59 Å². The first kappa shape index (κ1) is 17.7. The van der Waals surface area contributed by atoms with Gasteiger partial charge < -0.3 is 14.5 Å². The third-order valence-electron chi connectivity index (χ3n) is 5.01. The van der Waals surface area contributed by atoms with Crippen molar-refractivity contribution in [3.63, 3.8) is 0 Å². The molecule has 1 spiro atoms. The quantitative estimate of drug-likeness (QED) is 0.825. The van der Waals surface area contributed by atoms with Gasteiger partial charge >= 0.3 is 0 Å². The lowest BCUT2D eigenvalue weighted by molar-refractivity contribution is -0.146. The molecule has 8 heteroatoms. The van der Waals surface area contributed by atoms with E-state index in [1.54, 1.807) is 12.0 Å². The van der Waals surface area contributed by atoms with E-state index in [1.165, 1.54) is 4.90 Å². The fourth-order valence-electron chi connectivity index (χ4n) is 3.84. The normalized spacial score (nSPS) is 23.6. The molecule has 1 unspecified atom stereocenters. The number of piperidine rings is 1. The number of likely N-dealkylation sites (tertiary alicyclic amines) is 2. The number of nitrogens with zero attached hydrogens (tertiary/aromatic N) is 3. The average molecular weight is 353 g/mol. The molecule has 1 aromatic rings. The van der Waals surface area contributed by atoms with Gasteiger partial charge in [0.1, 0.15) is 11.4 Å². The van der Waals surface area contributed by atoms with Gasteiger partial charge in [-0.05, 0) is 25.7 Å². The van der Waals surface area contributed by atoms with Crippen LogP contribution in [0.2, 0.25) is 0 Å². The molecular formula is C17H21F2N3O3. The standard InChI is InChI=1S/C17H21F2N3O3/c1-25-9-8-21-6-2-4-17(16(21)24)5-3-7-22(17)15(23)14-13(19)10-12(18)11-20-14/h10-11H,2-9H2,1H3. The predicted molar refractivity (Wildman–Crippen MR) is 84.8 cm³/mol. The zero-order valence-electron chi connectivity index (χ0n) is 14.1. The van der Waals surface area contributed by atoms with Crippen LogP contribution in [0.3, 0.4) is 0 Å². The van der Waals surface area contributed by atoms with E-state index in [1.807, 2.05) is 0 Å². The Morgan fingerprint density at radius 1 is 1.32 bits per heavy atom. The van der Waals surface area contributed by atoms with Crippen LogP contribution >= 0.6 is 0 Å². The van der Waals surface area contributed by atoms with E-state index in [2.05, 4.69) is 4.98 Å². The van der Waals surface area contributed by atoms with Gasteiger partial charge in [-0.25, -0.2) is 13.8 Å². The molecule has 0 aromatic carbocycles. The molecule has 2 aliphatic heterocycles. The van der Waals surface area contributed by atoms with Crippen LogP contribution in [0.25, 0.3) is 0 Å². The molecule has 0 bridgehead atoms. The van der Waals surface area contributed by atoms with Crippen molar-refractivity contribution in [1.29, 1.82) is 0 Å². The van der Waals surface area contributed by atoms with E-state index >= 15 is 0 Å².